The molecule has 2 amide bonds. The maximum absolute atomic E-state index is 12.8. The molecule has 0 saturated carbocycles. The number of hydrogen-bond donors (Lipinski definition) is 1. The van der Waals surface area contributed by atoms with E-state index in [-0.39, 0.29) is 24.8 Å². The van der Waals surface area contributed by atoms with Crippen LogP contribution in [0.1, 0.15) is 52.1 Å². The van der Waals surface area contributed by atoms with Crippen LogP contribution >= 0.6 is 11.6 Å². The standard InChI is InChI=1S/C20H26ClN3O3/c1-14(15-5-7-16(21)8-6-15)23-17(25)20(13-22)9-11-24(12-10-20)18(26)27-19(2,3)4/h5-8,14H,9-12H2,1-4H3,(H,23,25). The number of piperidine rings is 1. The van der Waals surface area contributed by atoms with E-state index in [1.807, 2.05) is 19.1 Å². The predicted molar refractivity (Wildman–Crippen MR) is 103 cm³/mol. The Balaban J connectivity index is 2.00. The molecule has 1 aliphatic heterocycles. The van der Waals surface area contributed by atoms with Crippen molar-refractivity contribution in [2.24, 2.45) is 5.41 Å². The lowest BCUT2D eigenvalue weighted by atomic mass is 9.78. The molecule has 0 bridgehead atoms. The largest absolute Gasteiger partial charge is 0.444 e. The van der Waals surface area contributed by atoms with Gasteiger partial charge >= 0.3 is 6.09 Å². The Hall–Kier alpha value is -2.26. The molecule has 1 unspecified atom stereocenters. The molecule has 0 aliphatic carbocycles. The fourth-order valence-electron chi connectivity index (χ4n) is 2.96. The Morgan fingerprint density at radius 2 is 1.81 bits per heavy atom. The number of halogens is 1. The monoisotopic (exact) mass is 391 g/mol. The summed E-state index contributed by atoms with van der Waals surface area (Å²) in [4.78, 5) is 26.5. The molecule has 1 heterocycles. The first-order chi connectivity index (χ1) is 12.6. The summed E-state index contributed by atoms with van der Waals surface area (Å²) in [5, 5.41) is 13.2. The molecule has 1 aromatic carbocycles. The van der Waals surface area contributed by atoms with Gasteiger partial charge in [-0.15, -0.1) is 0 Å². The molecule has 6 nitrogen and oxygen atoms in total. The van der Waals surface area contributed by atoms with Crippen LogP contribution in [-0.2, 0) is 9.53 Å². The second-order valence-corrected chi connectivity index (χ2v) is 8.34. The van der Waals surface area contributed by atoms with Crippen molar-refractivity contribution in [1.82, 2.24) is 10.2 Å². The number of carbonyl (C=O) groups is 2. The van der Waals surface area contributed by atoms with Crippen LogP contribution in [0.25, 0.3) is 0 Å². The van der Waals surface area contributed by atoms with E-state index >= 15 is 0 Å². The Morgan fingerprint density at radius 3 is 2.30 bits per heavy atom. The van der Waals surface area contributed by atoms with Crippen molar-refractivity contribution in [3.05, 3.63) is 34.9 Å². The topological polar surface area (TPSA) is 82.4 Å². The summed E-state index contributed by atoms with van der Waals surface area (Å²) in [5.41, 5.74) is -0.808. The lowest BCUT2D eigenvalue weighted by Gasteiger charge is -2.37. The number of nitriles is 1. The zero-order valence-electron chi connectivity index (χ0n) is 16.2. The molecule has 27 heavy (non-hydrogen) atoms. The fraction of sp³-hybridized carbons (Fsp3) is 0.550. The molecular weight excluding hydrogens is 366 g/mol. The van der Waals surface area contributed by atoms with Crippen molar-refractivity contribution >= 4 is 23.6 Å². The third-order valence-electron chi connectivity index (χ3n) is 4.63. The van der Waals surface area contributed by atoms with Gasteiger partial charge in [-0.25, -0.2) is 4.79 Å². The number of ether oxygens (including phenoxy) is 1. The van der Waals surface area contributed by atoms with Crippen LogP contribution in [0.3, 0.4) is 0 Å². The number of benzene rings is 1. The summed E-state index contributed by atoms with van der Waals surface area (Å²) < 4.78 is 5.36. The minimum atomic E-state index is -1.14. The van der Waals surface area contributed by atoms with Gasteiger partial charge in [-0.05, 0) is 58.2 Å². The van der Waals surface area contributed by atoms with Gasteiger partial charge < -0.3 is 15.0 Å². The molecule has 146 valence electrons. The minimum absolute atomic E-state index is 0.246. The van der Waals surface area contributed by atoms with Crippen LogP contribution in [0, 0.1) is 16.7 Å². The van der Waals surface area contributed by atoms with E-state index in [4.69, 9.17) is 16.3 Å². The van der Waals surface area contributed by atoms with Gasteiger partial charge in [0.15, 0.2) is 0 Å². The number of nitrogens with zero attached hydrogens (tertiary/aromatic N) is 2. The zero-order chi connectivity index (χ0) is 20.2. The van der Waals surface area contributed by atoms with E-state index in [2.05, 4.69) is 11.4 Å². The van der Waals surface area contributed by atoms with Crippen molar-refractivity contribution in [2.75, 3.05) is 13.1 Å². The van der Waals surface area contributed by atoms with Crippen molar-refractivity contribution in [1.29, 1.82) is 5.26 Å². The normalized spacial score (nSPS) is 17.6. The average molecular weight is 392 g/mol. The molecule has 2 rings (SSSR count). The number of hydrogen-bond acceptors (Lipinski definition) is 4. The van der Waals surface area contributed by atoms with Gasteiger partial charge in [-0.1, -0.05) is 23.7 Å². The van der Waals surface area contributed by atoms with Crippen LogP contribution in [0.2, 0.25) is 5.02 Å². The maximum Gasteiger partial charge on any atom is 0.410 e. The molecule has 0 aromatic heterocycles. The van der Waals surface area contributed by atoms with Crippen LogP contribution in [0.15, 0.2) is 24.3 Å². The second-order valence-electron chi connectivity index (χ2n) is 7.91. The maximum atomic E-state index is 12.8. The van der Waals surface area contributed by atoms with E-state index < -0.39 is 17.1 Å². The number of rotatable bonds is 3. The van der Waals surface area contributed by atoms with Crippen molar-refractivity contribution in [2.45, 2.75) is 52.2 Å². The number of nitrogens with one attached hydrogen (secondary N) is 1. The number of carbonyl (C=O) groups excluding carboxylic acids is 2. The molecular formula is C20H26ClN3O3. The van der Waals surface area contributed by atoms with Crippen molar-refractivity contribution in [3.8, 4) is 6.07 Å². The summed E-state index contributed by atoms with van der Waals surface area (Å²) in [6.07, 6.45) is 0.146. The predicted octanol–water partition coefficient (Wildman–Crippen LogP) is 4.06. The fourth-order valence-corrected chi connectivity index (χ4v) is 3.08. The van der Waals surface area contributed by atoms with Crippen LogP contribution in [0.4, 0.5) is 4.79 Å². The summed E-state index contributed by atoms with van der Waals surface area (Å²) >= 11 is 5.89. The zero-order valence-corrected chi connectivity index (χ0v) is 17.0. The molecule has 1 atom stereocenters. The minimum Gasteiger partial charge on any atom is -0.444 e. The van der Waals surface area contributed by atoms with Gasteiger partial charge in [0, 0.05) is 18.1 Å². The molecule has 1 fully saturated rings. The van der Waals surface area contributed by atoms with Crippen LogP contribution in [-0.4, -0.2) is 35.6 Å². The van der Waals surface area contributed by atoms with Gasteiger partial charge in [0.1, 0.15) is 11.0 Å². The van der Waals surface area contributed by atoms with Crippen molar-refractivity contribution in [3.63, 3.8) is 0 Å². The Bertz CT molecular complexity index is 726. The van der Waals surface area contributed by atoms with E-state index in [1.54, 1.807) is 37.8 Å². The highest BCUT2D eigenvalue weighted by atomic mass is 35.5. The molecule has 1 saturated heterocycles. The molecule has 1 N–H and O–H groups in total. The Kier molecular flexibility index (Phi) is 6.38. The summed E-state index contributed by atoms with van der Waals surface area (Å²) in [6.45, 7) is 7.90. The smallest absolute Gasteiger partial charge is 0.410 e. The number of likely N-dealkylation sites (tertiary alicyclic amines) is 1. The van der Waals surface area contributed by atoms with Crippen LogP contribution in [0.5, 0.6) is 0 Å². The highest BCUT2D eigenvalue weighted by Crippen LogP contribution is 2.32. The lowest BCUT2D eigenvalue weighted by molar-refractivity contribution is -0.131. The summed E-state index contributed by atoms with van der Waals surface area (Å²) in [5.74, 6) is -0.309. The first kappa shape index (κ1) is 21.0. The molecule has 0 spiro atoms. The van der Waals surface area contributed by atoms with Gasteiger partial charge in [0.2, 0.25) is 5.91 Å². The highest BCUT2D eigenvalue weighted by molar-refractivity contribution is 6.30. The van der Waals surface area contributed by atoms with Crippen molar-refractivity contribution < 1.29 is 14.3 Å². The first-order valence-electron chi connectivity index (χ1n) is 9.02. The van der Waals surface area contributed by atoms with Crippen LogP contribution < -0.4 is 5.32 Å². The number of amides is 2. The van der Waals surface area contributed by atoms with E-state index in [9.17, 15) is 14.9 Å². The molecule has 1 aromatic rings. The molecule has 7 heteroatoms. The third-order valence-corrected chi connectivity index (χ3v) is 4.89. The lowest BCUT2D eigenvalue weighted by Crippen LogP contribution is -2.50. The van der Waals surface area contributed by atoms with E-state index in [1.165, 1.54) is 0 Å². The first-order valence-corrected chi connectivity index (χ1v) is 9.40. The average Bonchev–Trinajstić information content (AvgIpc) is 2.60. The SMILES string of the molecule is CC(NC(=O)C1(C#N)CCN(C(=O)OC(C)(C)C)CC1)c1ccc(Cl)cc1. The van der Waals surface area contributed by atoms with Gasteiger partial charge in [0.25, 0.3) is 0 Å². The summed E-state index contributed by atoms with van der Waals surface area (Å²) in [7, 11) is 0. The highest BCUT2D eigenvalue weighted by Gasteiger charge is 2.43. The Morgan fingerprint density at radius 1 is 1.26 bits per heavy atom. The van der Waals surface area contributed by atoms with E-state index in [0.29, 0.717) is 18.1 Å². The van der Waals surface area contributed by atoms with Gasteiger partial charge in [0.05, 0.1) is 12.1 Å². The third kappa shape index (κ3) is 5.36. The summed E-state index contributed by atoms with van der Waals surface area (Å²) in [6, 6.07) is 9.15. The quantitative estimate of drug-likeness (QED) is 0.842. The van der Waals surface area contributed by atoms with Gasteiger partial charge in [-0.3, -0.25) is 4.79 Å². The van der Waals surface area contributed by atoms with E-state index in [0.717, 1.165) is 5.56 Å². The Labute approximate surface area is 165 Å². The molecule has 1 aliphatic rings. The molecule has 0 radical (unpaired) electrons. The second kappa shape index (κ2) is 8.18. The van der Waals surface area contributed by atoms with Gasteiger partial charge in [-0.2, -0.15) is 5.26 Å².